The third kappa shape index (κ3) is 3.67. The normalized spacial score (nSPS) is 21.6. The highest BCUT2D eigenvalue weighted by Crippen LogP contribution is 2.23. The van der Waals surface area contributed by atoms with Crippen molar-refractivity contribution in [1.82, 2.24) is 5.32 Å². The number of hydrazine groups is 1. The van der Waals surface area contributed by atoms with E-state index in [1.807, 2.05) is 0 Å². The van der Waals surface area contributed by atoms with E-state index in [0.29, 0.717) is 31.4 Å². The van der Waals surface area contributed by atoms with Crippen LogP contribution in [0.15, 0.2) is 18.2 Å². The Morgan fingerprint density at radius 1 is 1.33 bits per heavy atom. The van der Waals surface area contributed by atoms with Crippen molar-refractivity contribution in [1.29, 1.82) is 0 Å². The Labute approximate surface area is 121 Å². The van der Waals surface area contributed by atoms with Crippen molar-refractivity contribution in [3.63, 3.8) is 0 Å². The molecule has 1 saturated carbocycles. The molecule has 1 fully saturated rings. The van der Waals surface area contributed by atoms with Crippen molar-refractivity contribution < 1.29 is 14.8 Å². The average molecular weight is 294 g/mol. The van der Waals surface area contributed by atoms with Crippen LogP contribution in [0, 0.1) is 10.1 Å². The maximum atomic E-state index is 12.3. The van der Waals surface area contributed by atoms with Crippen LogP contribution in [0.1, 0.15) is 36.0 Å². The molecule has 0 unspecified atom stereocenters. The summed E-state index contributed by atoms with van der Waals surface area (Å²) in [4.78, 5) is 22.5. The van der Waals surface area contributed by atoms with Crippen LogP contribution in [-0.2, 0) is 0 Å². The second-order valence-electron chi connectivity index (χ2n) is 5.11. The highest BCUT2D eigenvalue weighted by Gasteiger charge is 2.23. The number of nitrogen functional groups attached to an aromatic ring is 1. The number of nitrogens with zero attached hydrogens (tertiary/aromatic N) is 1. The van der Waals surface area contributed by atoms with Crippen LogP contribution in [0.2, 0.25) is 0 Å². The molecule has 114 valence electrons. The molecule has 0 radical (unpaired) electrons. The van der Waals surface area contributed by atoms with Crippen LogP contribution < -0.4 is 16.6 Å². The molecule has 1 amide bonds. The highest BCUT2D eigenvalue weighted by atomic mass is 16.6. The summed E-state index contributed by atoms with van der Waals surface area (Å²) >= 11 is 0. The van der Waals surface area contributed by atoms with Crippen LogP contribution in [0.5, 0.6) is 0 Å². The lowest BCUT2D eigenvalue weighted by molar-refractivity contribution is -0.384. The Morgan fingerprint density at radius 2 is 2.00 bits per heavy atom. The van der Waals surface area contributed by atoms with Crippen molar-refractivity contribution in [3.8, 4) is 0 Å². The van der Waals surface area contributed by atoms with Gasteiger partial charge in [-0.15, -0.1) is 0 Å². The summed E-state index contributed by atoms with van der Waals surface area (Å²) in [5.41, 5.74) is 2.66. The van der Waals surface area contributed by atoms with E-state index < -0.39 is 10.8 Å². The van der Waals surface area contributed by atoms with Crippen molar-refractivity contribution in [2.45, 2.75) is 37.8 Å². The van der Waals surface area contributed by atoms with Gasteiger partial charge >= 0.3 is 0 Å². The summed E-state index contributed by atoms with van der Waals surface area (Å²) in [5.74, 6) is 4.92. The average Bonchev–Trinajstić information content (AvgIpc) is 2.48. The largest absolute Gasteiger partial charge is 0.393 e. The van der Waals surface area contributed by atoms with E-state index in [0.717, 1.165) is 0 Å². The van der Waals surface area contributed by atoms with Crippen LogP contribution in [-0.4, -0.2) is 28.1 Å². The first-order valence-corrected chi connectivity index (χ1v) is 6.75. The van der Waals surface area contributed by atoms with Gasteiger partial charge < -0.3 is 15.8 Å². The second kappa shape index (κ2) is 6.51. The highest BCUT2D eigenvalue weighted by molar-refractivity contribution is 6.00. The van der Waals surface area contributed by atoms with Crippen molar-refractivity contribution in [2.24, 2.45) is 5.84 Å². The SMILES string of the molecule is NNc1ccc([N+](=O)[O-])cc1C(=O)NC1CCC(O)CC1. The topological polar surface area (TPSA) is 131 Å². The first kappa shape index (κ1) is 15.2. The van der Waals surface area contributed by atoms with Gasteiger partial charge in [0.25, 0.3) is 11.6 Å². The zero-order valence-corrected chi connectivity index (χ0v) is 11.4. The van der Waals surface area contributed by atoms with Gasteiger partial charge in [-0.2, -0.15) is 0 Å². The number of hydrogen-bond donors (Lipinski definition) is 4. The number of hydrogen-bond acceptors (Lipinski definition) is 6. The molecule has 5 N–H and O–H groups in total. The van der Waals surface area contributed by atoms with Gasteiger partial charge in [0.05, 0.1) is 22.3 Å². The van der Waals surface area contributed by atoms with Crippen molar-refractivity contribution >= 4 is 17.3 Å². The lowest BCUT2D eigenvalue weighted by Crippen LogP contribution is -2.39. The molecular formula is C13H18N4O4. The summed E-state index contributed by atoms with van der Waals surface area (Å²) in [7, 11) is 0. The van der Waals surface area contributed by atoms with Crippen LogP contribution in [0.3, 0.4) is 0 Å². The smallest absolute Gasteiger partial charge is 0.270 e. The predicted molar refractivity (Wildman–Crippen MR) is 76.6 cm³/mol. The first-order chi connectivity index (χ1) is 10.0. The molecule has 8 heteroatoms. The van der Waals surface area contributed by atoms with Gasteiger partial charge in [0.1, 0.15) is 0 Å². The number of carbonyl (C=O) groups is 1. The quantitative estimate of drug-likeness (QED) is 0.371. The summed E-state index contributed by atoms with van der Waals surface area (Å²) in [5, 5.41) is 23.1. The molecule has 0 aromatic heterocycles. The Bertz CT molecular complexity index is 541. The molecule has 0 atom stereocenters. The maximum absolute atomic E-state index is 12.3. The Kier molecular flexibility index (Phi) is 4.71. The van der Waals surface area contributed by atoms with E-state index in [2.05, 4.69) is 10.7 Å². The molecule has 0 spiro atoms. The number of nitro groups is 1. The van der Waals surface area contributed by atoms with Gasteiger partial charge in [-0.1, -0.05) is 0 Å². The number of benzene rings is 1. The fraction of sp³-hybridized carbons (Fsp3) is 0.462. The maximum Gasteiger partial charge on any atom is 0.270 e. The van der Waals surface area contributed by atoms with E-state index in [4.69, 9.17) is 5.84 Å². The number of carbonyl (C=O) groups excluding carboxylic acids is 1. The minimum Gasteiger partial charge on any atom is -0.393 e. The number of non-ortho nitro benzene ring substituents is 1. The van der Waals surface area contributed by atoms with E-state index in [9.17, 15) is 20.0 Å². The number of anilines is 1. The third-order valence-electron chi connectivity index (χ3n) is 3.65. The van der Waals surface area contributed by atoms with Gasteiger partial charge in [0.2, 0.25) is 0 Å². The second-order valence-corrected chi connectivity index (χ2v) is 5.11. The number of nitrogens with two attached hydrogens (primary N) is 1. The standard InChI is InChI=1S/C13H18N4O4/c14-16-12-6-3-9(17(20)21)7-11(12)13(19)15-8-1-4-10(18)5-2-8/h3,6-8,10,16,18H,1-2,4-5,14H2,(H,15,19). The van der Waals surface area contributed by atoms with Crippen LogP contribution in [0.25, 0.3) is 0 Å². The van der Waals surface area contributed by atoms with Crippen molar-refractivity contribution in [2.75, 3.05) is 5.43 Å². The van der Waals surface area contributed by atoms with Gasteiger partial charge in [0.15, 0.2) is 0 Å². The summed E-state index contributed by atoms with van der Waals surface area (Å²) in [6.07, 6.45) is 2.35. The van der Waals surface area contributed by atoms with Gasteiger partial charge in [-0.3, -0.25) is 20.8 Å². The molecule has 21 heavy (non-hydrogen) atoms. The molecule has 2 rings (SSSR count). The van der Waals surface area contributed by atoms with Gasteiger partial charge in [0, 0.05) is 18.2 Å². The van der Waals surface area contributed by atoms with Gasteiger partial charge in [-0.25, -0.2) is 0 Å². The molecule has 1 aromatic carbocycles. The minimum atomic E-state index is -0.561. The molecule has 8 nitrogen and oxygen atoms in total. The Hall–Kier alpha value is -2.19. The summed E-state index contributed by atoms with van der Waals surface area (Å²) < 4.78 is 0. The summed E-state index contributed by atoms with van der Waals surface area (Å²) in [6, 6.07) is 3.84. The molecule has 0 saturated heterocycles. The third-order valence-corrected chi connectivity index (χ3v) is 3.65. The zero-order chi connectivity index (χ0) is 15.4. The Morgan fingerprint density at radius 3 is 2.57 bits per heavy atom. The fourth-order valence-electron chi connectivity index (χ4n) is 2.44. The molecular weight excluding hydrogens is 276 g/mol. The van der Waals surface area contributed by atoms with Crippen LogP contribution in [0.4, 0.5) is 11.4 Å². The molecule has 1 aliphatic carbocycles. The van der Waals surface area contributed by atoms with E-state index in [1.165, 1.54) is 18.2 Å². The number of rotatable bonds is 4. The Balaban J connectivity index is 2.13. The molecule has 0 aliphatic heterocycles. The predicted octanol–water partition coefficient (Wildman–Crippen LogP) is 0.914. The van der Waals surface area contributed by atoms with E-state index in [1.54, 1.807) is 0 Å². The minimum absolute atomic E-state index is 0.0363. The van der Waals surface area contributed by atoms with E-state index >= 15 is 0 Å². The number of nitrogens with one attached hydrogen (secondary N) is 2. The van der Waals surface area contributed by atoms with E-state index in [-0.39, 0.29) is 23.4 Å². The van der Waals surface area contributed by atoms with Crippen molar-refractivity contribution in [3.05, 3.63) is 33.9 Å². The molecule has 1 aliphatic rings. The van der Waals surface area contributed by atoms with Crippen LogP contribution >= 0.6 is 0 Å². The number of amides is 1. The lowest BCUT2D eigenvalue weighted by atomic mass is 9.93. The molecule has 0 heterocycles. The first-order valence-electron chi connectivity index (χ1n) is 6.75. The monoisotopic (exact) mass is 294 g/mol. The zero-order valence-electron chi connectivity index (χ0n) is 11.4. The fourth-order valence-corrected chi connectivity index (χ4v) is 2.44. The number of nitro benzene ring substituents is 1. The van der Waals surface area contributed by atoms with Gasteiger partial charge in [-0.05, 0) is 31.7 Å². The number of aliphatic hydroxyl groups excluding tert-OH is 1. The molecule has 1 aromatic rings. The lowest BCUT2D eigenvalue weighted by Gasteiger charge is -2.26. The number of aliphatic hydroxyl groups is 1. The summed E-state index contributed by atoms with van der Waals surface area (Å²) in [6.45, 7) is 0. The molecule has 0 bridgehead atoms.